The minimum atomic E-state index is -0.255. The molecule has 142 valence electrons. The number of rotatable bonds is 9. The first-order valence-electron chi connectivity index (χ1n) is 9.30. The molecule has 0 heterocycles. The molecule has 2 unspecified atom stereocenters. The summed E-state index contributed by atoms with van der Waals surface area (Å²) < 4.78 is 29.9. The number of carbonyl (C=O) groups is 1. The van der Waals surface area contributed by atoms with E-state index in [2.05, 4.69) is 0 Å². The zero-order valence-electron chi connectivity index (χ0n) is 15.5. The third kappa shape index (κ3) is 4.85. The molecule has 0 amide bonds. The van der Waals surface area contributed by atoms with Crippen molar-refractivity contribution in [3.8, 4) is 5.75 Å². The van der Waals surface area contributed by atoms with Gasteiger partial charge in [-0.2, -0.15) is 0 Å². The fourth-order valence-electron chi connectivity index (χ4n) is 3.65. The summed E-state index contributed by atoms with van der Waals surface area (Å²) in [5.41, 5.74) is 0.660. The van der Waals surface area contributed by atoms with Crippen molar-refractivity contribution in [2.24, 2.45) is 17.8 Å². The Balaban J connectivity index is 1.67. The Bertz CT molecular complexity index is 666. The highest BCUT2D eigenvalue weighted by atomic mass is 19.1. The molecule has 2 atom stereocenters. The van der Waals surface area contributed by atoms with Gasteiger partial charge in [-0.3, -0.25) is 4.79 Å². The van der Waals surface area contributed by atoms with E-state index in [1.807, 2.05) is 0 Å². The van der Waals surface area contributed by atoms with E-state index in [-0.39, 0.29) is 30.2 Å². The average molecular weight is 362 g/mol. The van der Waals surface area contributed by atoms with E-state index in [4.69, 9.17) is 14.2 Å². The van der Waals surface area contributed by atoms with Gasteiger partial charge in [0, 0.05) is 31.1 Å². The van der Waals surface area contributed by atoms with Crippen LogP contribution in [0.4, 0.5) is 4.39 Å². The number of ether oxygens (including phenoxy) is 3. The lowest BCUT2D eigenvalue weighted by atomic mass is 9.79. The van der Waals surface area contributed by atoms with E-state index in [0.717, 1.165) is 19.3 Å². The summed E-state index contributed by atoms with van der Waals surface area (Å²) in [5, 5.41) is 0. The number of hydrogen-bond donors (Lipinski definition) is 0. The van der Waals surface area contributed by atoms with E-state index >= 15 is 0 Å². The van der Waals surface area contributed by atoms with Gasteiger partial charge in [-0.05, 0) is 43.2 Å². The molecule has 26 heavy (non-hydrogen) atoms. The normalized spacial score (nSPS) is 22.9. The number of hydrogen-bond acceptors (Lipinski definition) is 4. The lowest BCUT2D eigenvalue weighted by Crippen LogP contribution is -2.26. The molecule has 0 saturated heterocycles. The van der Waals surface area contributed by atoms with Gasteiger partial charge in [-0.25, -0.2) is 4.39 Å². The predicted molar refractivity (Wildman–Crippen MR) is 96.3 cm³/mol. The maximum atomic E-state index is 14.2. The van der Waals surface area contributed by atoms with Crippen LogP contribution in [0.3, 0.4) is 0 Å². The highest BCUT2D eigenvalue weighted by molar-refractivity contribution is 5.93. The zero-order valence-corrected chi connectivity index (χ0v) is 15.5. The third-order valence-electron chi connectivity index (χ3n) is 5.34. The average Bonchev–Trinajstić information content (AvgIpc) is 3.45. The Kier molecular flexibility index (Phi) is 6.30. The Morgan fingerprint density at radius 2 is 2.00 bits per heavy atom. The number of halogens is 1. The van der Waals surface area contributed by atoms with Crippen LogP contribution in [-0.4, -0.2) is 26.8 Å². The smallest absolute Gasteiger partial charge is 0.188 e. The molecule has 2 aliphatic rings. The van der Waals surface area contributed by atoms with Crippen LogP contribution in [0.15, 0.2) is 30.0 Å². The van der Waals surface area contributed by atoms with Crippen molar-refractivity contribution in [3.05, 3.63) is 41.4 Å². The summed E-state index contributed by atoms with van der Waals surface area (Å²) in [5.74, 6) is 2.00. The first kappa shape index (κ1) is 18.9. The van der Waals surface area contributed by atoms with Crippen molar-refractivity contribution in [1.82, 2.24) is 0 Å². The largest absolute Gasteiger partial charge is 0.497 e. The van der Waals surface area contributed by atoms with Gasteiger partial charge in [0.15, 0.2) is 12.6 Å². The molecule has 1 aromatic rings. The lowest BCUT2D eigenvalue weighted by molar-refractivity contribution is -0.120. The molecule has 1 fully saturated rings. The topological polar surface area (TPSA) is 44.8 Å². The van der Waals surface area contributed by atoms with Gasteiger partial charge in [0.2, 0.25) is 0 Å². The number of benzene rings is 1. The molecule has 0 N–H and O–H groups in total. The highest BCUT2D eigenvalue weighted by Gasteiger charge is 2.35. The minimum absolute atomic E-state index is 0.0723. The molecule has 0 bridgehead atoms. The molecule has 5 heteroatoms. The summed E-state index contributed by atoms with van der Waals surface area (Å²) >= 11 is 0. The Labute approximate surface area is 154 Å². The Hall–Kier alpha value is -1.88. The maximum Gasteiger partial charge on any atom is 0.188 e. The summed E-state index contributed by atoms with van der Waals surface area (Å²) in [6.45, 7) is 0.125. The number of allylic oxidation sites excluding steroid dienone is 2. The van der Waals surface area contributed by atoms with E-state index < -0.39 is 0 Å². The molecule has 0 aromatic heterocycles. The second-order valence-corrected chi connectivity index (χ2v) is 7.30. The minimum Gasteiger partial charge on any atom is -0.497 e. The van der Waals surface area contributed by atoms with E-state index in [1.165, 1.54) is 26.0 Å². The summed E-state index contributed by atoms with van der Waals surface area (Å²) in [7, 11) is 3.08. The van der Waals surface area contributed by atoms with Crippen molar-refractivity contribution in [1.29, 1.82) is 0 Å². The van der Waals surface area contributed by atoms with E-state index in [0.29, 0.717) is 29.4 Å². The van der Waals surface area contributed by atoms with Gasteiger partial charge in [-0.15, -0.1) is 0 Å². The first-order valence-corrected chi connectivity index (χ1v) is 9.30. The van der Waals surface area contributed by atoms with E-state index in [9.17, 15) is 9.18 Å². The predicted octanol–water partition coefficient (Wildman–Crippen LogP) is 4.28. The van der Waals surface area contributed by atoms with Crippen molar-refractivity contribution >= 4 is 5.78 Å². The monoisotopic (exact) mass is 362 g/mol. The Morgan fingerprint density at radius 3 is 2.65 bits per heavy atom. The number of carbonyl (C=O) groups excluding carboxylic acids is 1. The van der Waals surface area contributed by atoms with Gasteiger partial charge < -0.3 is 14.2 Å². The van der Waals surface area contributed by atoms with Crippen molar-refractivity contribution in [2.45, 2.75) is 38.5 Å². The molecule has 2 aliphatic carbocycles. The fraction of sp³-hybridized carbons (Fsp3) is 0.571. The second kappa shape index (κ2) is 8.67. The van der Waals surface area contributed by atoms with Crippen LogP contribution in [0.1, 0.15) is 37.7 Å². The van der Waals surface area contributed by atoms with Crippen molar-refractivity contribution in [3.63, 3.8) is 0 Å². The molecule has 0 spiro atoms. The first-order chi connectivity index (χ1) is 12.6. The van der Waals surface area contributed by atoms with Crippen LogP contribution in [0.2, 0.25) is 0 Å². The summed E-state index contributed by atoms with van der Waals surface area (Å²) in [6, 6.07) is 4.95. The molecule has 0 aliphatic heterocycles. The molecule has 4 nitrogen and oxygen atoms in total. The standard InChI is InChI=1S/C21H27FO4/c1-24-13-26-21-12-20(23)17(9-14-3-4-14)10-16(21)6-5-15-7-8-18(25-2)11-19(15)22/h7-8,11-12,14,16-17H,3-6,9-10,13H2,1-2H3. The molecule has 3 rings (SSSR count). The van der Waals surface area contributed by atoms with Gasteiger partial charge in [-0.1, -0.05) is 18.9 Å². The summed E-state index contributed by atoms with van der Waals surface area (Å²) in [4.78, 5) is 12.4. The van der Waals surface area contributed by atoms with Crippen LogP contribution in [0.25, 0.3) is 0 Å². The van der Waals surface area contributed by atoms with E-state index in [1.54, 1.807) is 25.3 Å². The second-order valence-electron chi connectivity index (χ2n) is 7.30. The molecule has 1 saturated carbocycles. The number of ketones is 1. The molecular formula is C21H27FO4. The van der Waals surface area contributed by atoms with Gasteiger partial charge in [0.1, 0.15) is 17.3 Å². The van der Waals surface area contributed by atoms with Crippen molar-refractivity contribution in [2.75, 3.05) is 21.0 Å². The van der Waals surface area contributed by atoms with Gasteiger partial charge in [0.25, 0.3) is 0 Å². The zero-order chi connectivity index (χ0) is 18.5. The van der Waals surface area contributed by atoms with Crippen LogP contribution >= 0.6 is 0 Å². The fourth-order valence-corrected chi connectivity index (χ4v) is 3.65. The van der Waals surface area contributed by atoms with Crippen LogP contribution in [-0.2, 0) is 20.7 Å². The third-order valence-corrected chi connectivity index (χ3v) is 5.34. The molecule has 1 aromatic carbocycles. The quantitative estimate of drug-likeness (QED) is 0.615. The number of methoxy groups -OCH3 is 2. The maximum absolute atomic E-state index is 14.2. The lowest BCUT2D eigenvalue weighted by Gasteiger charge is -2.29. The molecule has 0 radical (unpaired) electrons. The summed E-state index contributed by atoms with van der Waals surface area (Å²) in [6.07, 6.45) is 7.21. The van der Waals surface area contributed by atoms with Crippen LogP contribution in [0.5, 0.6) is 5.75 Å². The number of aryl methyl sites for hydroxylation is 1. The van der Waals surface area contributed by atoms with Crippen LogP contribution < -0.4 is 4.74 Å². The highest BCUT2D eigenvalue weighted by Crippen LogP contribution is 2.41. The SMILES string of the molecule is COCOC1=CC(=O)C(CC2CC2)CC1CCc1ccc(OC)cc1F. The van der Waals surface area contributed by atoms with Crippen molar-refractivity contribution < 1.29 is 23.4 Å². The Morgan fingerprint density at radius 1 is 1.19 bits per heavy atom. The molecular weight excluding hydrogens is 335 g/mol. The van der Waals surface area contributed by atoms with Gasteiger partial charge in [0.05, 0.1) is 7.11 Å². The van der Waals surface area contributed by atoms with Gasteiger partial charge >= 0.3 is 0 Å². The van der Waals surface area contributed by atoms with Crippen LogP contribution in [0, 0.1) is 23.6 Å².